The van der Waals surface area contributed by atoms with Gasteiger partial charge < -0.3 is 15.4 Å². The zero-order valence-corrected chi connectivity index (χ0v) is 15.3. The molecule has 0 saturated heterocycles. The summed E-state index contributed by atoms with van der Waals surface area (Å²) in [5.74, 6) is 0.478. The molecule has 23 heavy (non-hydrogen) atoms. The largest absolute Gasteiger partial charge is 0.491 e. The fraction of sp³-hybridized carbons (Fsp3) is 0.235. The van der Waals surface area contributed by atoms with E-state index in [0.29, 0.717) is 21.9 Å². The van der Waals surface area contributed by atoms with Gasteiger partial charge in [-0.15, -0.1) is 0 Å². The van der Waals surface area contributed by atoms with E-state index in [1.54, 1.807) is 12.1 Å². The molecule has 6 heteroatoms. The van der Waals surface area contributed by atoms with Crippen molar-refractivity contribution in [3.05, 3.63) is 58.3 Å². The molecule has 0 aliphatic rings. The first-order chi connectivity index (χ1) is 11.0. The van der Waals surface area contributed by atoms with Crippen LogP contribution in [0.15, 0.2) is 46.9 Å². The van der Waals surface area contributed by atoms with Gasteiger partial charge in [0.1, 0.15) is 18.2 Å². The summed E-state index contributed by atoms with van der Waals surface area (Å²) < 4.78 is 20.2. The summed E-state index contributed by atoms with van der Waals surface area (Å²) in [7, 11) is 0. The zero-order valence-electron chi connectivity index (χ0n) is 12.9. The number of aryl methyl sites for hydroxylation is 1. The van der Waals surface area contributed by atoms with E-state index in [9.17, 15) is 4.39 Å². The lowest BCUT2D eigenvalue weighted by Gasteiger charge is -2.18. The predicted octanol–water partition coefficient (Wildman–Crippen LogP) is 4.65. The summed E-state index contributed by atoms with van der Waals surface area (Å²) in [5.41, 5.74) is 1.41. The number of hydrogen-bond donors (Lipinski definition) is 2. The fourth-order valence-corrected chi connectivity index (χ4v) is 2.59. The average molecular weight is 397 g/mol. The molecule has 1 atom stereocenters. The summed E-state index contributed by atoms with van der Waals surface area (Å²) in [6.07, 6.45) is 0. The number of ether oxygens (including phenoxy) is 1. The normalized spacial score (nSPS) is 11.7. The first-order valence-electron chi connectivity index (χ1n) is 7.16. The van der Waals surface area contributed by atoms with Crippen molar-refractivity contribution in [2.75, 3.05) is 11.9 Å². The van der Waals surface area contributed by atoms with Gasteiger partial charge in [0.15, 0.2) is 5.11 Å². The Hall–Kier alpha value is -1.66. The lowest BCUT2D eigenvalue weighted by Crippen LogP contribution is -2.39. The van der Waals surface area contributed by atoms with Crippen LogP contribution in [0.25, 0.3) is 0 Å². The van der Waals surface area contributed by atoms with Crippen LogP contribution in [0.3, 0.4) is 0 Å². The van der Waals surface area contributed by atoms with Crippen molar-refractivity contribution in [3.8, 4) is 5.75 Å². The Balaban J connectivity index is 1.84. The van der Waals surface area contributed by atoms with Crippen LogP contribution < -0.4 is 15.4 Å². The van der Waals surface area contributed by atoms with E-state index < -0.39 is 0 Å². The number of nitrogens with one attached hydrogen (secondary N) is 2. The highest BCUT2D eigenvalue weighted by atomic mass is 79.9. The minimum atomic E-state index is -0.368. The fourth-order valence-electron chi connectivity index (χ4n) is 1.95. The second kappa shape index (κ2) is 8.26. The maximum absolute atomic E-state index is 13.8. The second-order valence-electron chi connectivity index (χ2n) is 5.20. The minimum Gasteiger partial charge on any atom is -0.491 e. The van der Waals surface area contributed by atoms with E-state index in [1.807, 2.05) is 38.1 Å². The Bertz CT molecular complexity index is 696. The van der Waals surface area contributed by atoms with Crippen molar-refractivity contribution in [2.45, 2.75) is 19.9 Å². The molecule has 0 saturated carbocycles. The number of para-hydroxylation sites is 1. The molecule has 0 bridgehead atoms. The first-order valence-corrected chi connectivity index (χ1v) is 8.37. The van der Waals surface area contributed by atoms with E-state index in [1.165, 1.54) is 6.07 Å². The molecule has 0 heterocycles. The zero-order chi connectivity index (χ0) is 16.8. The van der Waals surface area contributed by atoms with E-state index in [4.69, 9.17) is 17.0 Å². The minimum absolute atomic E-state index is 0.0203. The average Bonchev–Trinajstić information content (AvgIpc) is 2.49. The predicted molar refractivity (Wildman–Crippen MR) is 99.6 cm³/mol. The van der Waals surface area contributed by atoms with Gasteiger partial charge in [0.25, 0.3) is 0 Å². The highest BCUT2D eigenvalue weighted by Gasteiger charge is 2.09. The summed E-state index contributed by atoms with van der Waals surface area (Å²) in [6.45, 7) is 4.40. The van der Waals surface area contributed by atoms with Crippen molar-refractivity contribution in [2.24, 2.45) is 0 Å². The Labute approximate surface area is 149 Å². The van der Waals surface area contributed by atoms with Crippen LogP contribution >= 0.6 is 28.1 Å². The Kier molecular flexibility index (Phi) is 6.36. The Morgan fingerprint density at radius 2 is 2.04 bits per heavy atom. The molecule has 1 unspecified atom stereocenters. The van der Waals surface area contributed by atoms with Crippen molar-refractivity contribution < 1.29 is 9.13 Å². The smallest absolute Gasteiger partial charge is 0.171 e. The quantitative estimate of drug-likeness (QED) is 0.720. The van der Waals surface area contributed by atoms with Gasteiger partial charge in [-0.05, 0) is 55.9 Å². The molecule has 2 N–H and O–H groups in total. The molecule has 0 spiro atoms. The number of hydrogen-bond acceptors (Lipinski definition) is 2. The van der Waals surface area contributed by atoms with Gasteiger partial charge in [0, 0.05) is 4.47 Å². The van der Waals surface area contributed by atoms with Crippen molar-refractivity contribution in [3.63, 3.8) is 0 Å². The molecule has 2 aromatic carbocycles. The van der Waals surface area contributed by atoms with Crippen LogP contribution in [0.5, 0.6) is 5.75 Å². The van der Waals surface area contributed by atoms with Gasteiger partial charge in [0.05, 0.1) is 11.7 Å². The van der Waals surface area contributed by atoms with Crippen LogP contribution in [0.4, 0.5) is 10.1 Å². The summed E-state index contributed by atoms with van der Waals surface area (Å²) in [5, 5.41) is 6.28. The molecule has 3 nitrogen and oxygen atoms in total. The van der Waals surface area contributed by atoms with Gasteiger partial charge in [0.2, 0.25) is 0 Å². The molecule has 0 aliphatic heterocycles. The summed E-state index contributed by atoms with van der Waals surface area (Å²) >= 11 is 8.42. The van der Waals surface area contributed by atoms with Crippen LogP contribution in [0, 0.1) is 12.7 Å². The van der Waals surface area contributed by atoms with Crippen LogP contribution in [-0.4, -0.2) is 17.8 Å². The molecule has 0 aliphatic carbocycles. The highest BCUT2D eigenvalue weighted by Crippen LogP contribution is 2.19. The standard InChI is InChI=1S/C17H18BrFN2OS/c1-11-5-3-4-6-16(11)22-10-12(2)20-17(23)21-15-8-7-13(18)9-14(15)19/h3-9,12H,10H2,1-2H3,(H2,20,21,23). The monoisotopic (exact) mass is 396 g/mol. The summed E-state index contributed by atoms with van der Waals surface area (Å²) in [4.78, 5) is 0. The molecule has 2 rings (SSSR count). The van der Waals surface area contributed by atoms with Gasteiger partial charge in [-0.25, -0.2) is 4.39 Å². The van der Waals surface area contributed by atoms with E-state index in [0.717, 1.165) is 11.3 Å². The summed E-state index contributed by atoms with van der Waals surface area (Å²) in [6, 6.07) is 12.6. The molecule has 0 amide bonds. The van der Waals surface area contributed by atoms with Crippen molar-refractivity contribution >= 4 is 38.9 Å². The van der Waals surface area contributed by atoms with Gasteiger partial charge in [-0.3, -0.25) is 0 Å². The molecule has 0 fully saturated rings. The molecule has 122 valence electrons. The van der Waals surface area contributed by atoms with Crippen LogP contribution in [-0.2, 0) is 0 Å². The number of anilines is 1. The molecular weight excluding hydrogens is 379 g/mol. The van der Waals surface area contributed by atoms with E-state index >= 15 is 0 Å². The van der Waals surface area contributed by atoms with Crippen LogP contribution in [0.2, 0.25) is 0 Å². The SMILES string of the molecule is Cc1ccccc1OCC(C)NC(=S)Nc1ccc(Br)cc1F. The van der Waals surface area contributed by atoms with Gasteiger partial charge >= 0.3 is 0 Å². The molecular formula is C17H18BrFN2OS. The Morgan fingerprint density at radius 3 is 2.74 bits per heavy atom. The van der Waals surface area contributed by atoms with E-state index in [2.05, 4.69) is 26.6 Å². The topological polar surface area (TPSA) is 33.3 Å². The van der Waals surface area contributed by atoms with Crippen molar-refractivity contribution in [1.29, 1.82) is 0 Å². The molecule has 0 aromatic heterocycles. The maximum atomic E-state index is 13.8. The number of halogens is 2. The number of thiocarbonyl (C=S) groups is 1. The number of benzene rings is 2. The van der Waals surface area contributed by atoms with E-state index in [-0.39, 0.29) is 11.9 Å². The van der Waals surface area contributed by atoms with Crippen LogP contribution in [0.1, 0.15) is 12.5 Å². The maximum Gasteiger partial charge on any atom is 0.171 e. The first kappa shape index (κ1) is 17.7. The Morgan fingerprint density at radius 1 is 1.30 bits per heavy atom. The van der Waals surface area contributed by atoms with Gasteiger partial charge in [-0.2, -0.15) is 0 Å². The molecule has 2 aromatic rings. The van der Waals surface area contributed by atoms with Gasteiger partial charge in [-0.1, -0.05) is 34.1 Å². The lowest BCUT2D eigenvalue weighted by molar-refractivity contribution is 0.285. The third-order valence-corrected chi connectivity index (χ3v) is 3.85. The third kappa shape index (κ3) is 5.48. The molecule has 0 radical (unpaired) electrons. The third-order valence-electron chi connectivity index (χ3n) is 3.14. The highest BCUT2D eigenvalue weighted by molar-refractivity contribution is 9.10. The second-order valence-corrected chi connectivity index (χ2v) is 6.52. The number of rotatable bonds is 5. The van der Waals surface area contributed by atoms with Crippen molar-refractivity contribution in [1.82, 2.24) is 5.32 Å². The lowest BCUT2D eigenvalue weighted by atomic mass is 10.2.